The van der Waals surface area contributed by atoms with Crippen LogP contribution in [0.2, 0.25) is 0 Å². The van der Waals surface area contributed by atoms with Gasteiger partial charge in [0.15, 0.2) is 0 Å². The van der Waals surface area contributed by atoms with Crippen LogP contribution in [0.5, 0.6) is 0 Å². The van der Waals surface area contributed by atoms with Crippen LogP contribution in [0.25, 0.3) is 5.57 Å². The molecule has 1 aromatic heterocycles. The van der Waals surface area contributed by atoms with Crippen molar-refractivity contribution < 1.29 is 9.59 Å². The van der Waals surface area contributed by atoms with Crippen molar-refractivity contribution in [3.05, 3.63) is 57.9 Å². The van der Waals surface area contributed by atoms with Gasteiger partial charge in [-0.1, -0.05) is 39.0 Å². The summed E-state index contributed by atoms with van der Waals surface area (Å²) in [6, 6.07) is 11.7. The number of hydrogen-bond donors (Lipinski definition) is 1. The highest BCUT2D eigenvalue weighted by molar-refractivity contribution is 7.11. The highest BCUT2D eigenvalue weighted by atomic mass is 32.1. The number of amides is 2. The summed E-state index contributed by atoms with van der Waals surface area (Å²) >= 11 is 1.45. The average molecular weight is 340 g/mol. The van der Waals surface area contributed by atoms with E-state index in [1.165, 1.54) is 23.9 Å². The van der Waals surface area contributed by atoms with E-state index in [1.54, 1.807) is 0 Å². The van der Waals surface area contributed by atoms with Crippen LogP contribution in [0.1, 0.15) is 31.2 Å². The Kier molecular flexibility index (Phi) is 4.05. The smallest absolute Gasteiger partial charge is 0.277 e. The molecule has 0 saturated carbocycles. The number of hydrogen-bond acceptors (Lipinski definition) is 4. The first-order chi connectivity index (χ1) is 11.3. The van der Waals surface area contributed by atoms with Crippen LogP contribution in [0, 0.1) is 0 Å². The molecule has 3 rings (SSSR count). The maximum absolute atomic E-state index is 12.4. The van der Waals surface area contributed by atoms with Crippen molar-refractivity contribution in [1.29, 1.82) is 0 Å². The molecule has 2 aromatic rings. The summed E-state index contributed by atoms with van der Waals surface area (Å²) < 4.78 is 0. The second kappa shape index (κ2) is 5.91. The standard InChI is InChI=1S/C19H20N2O2S/c1-19(2,3)12-7-9-13(10-8-12)20-16-15(14-6-5-11-24-14)17(22)21(4)18(16)23/h5-11,20H,1-4H3. The molecule has 0 saturated heterocycles. The zero-order chi connectivity index (χ0) is 17.5. The molecule has 0 aliphatic carbocycles. The molecule has 4 nitrogen and oxygen atoms in total. The van der Waals surface area contributed by atoms with Crippen LogP contribution >= 0.6 is 11.3 Å². The van der Waals surface area contributed by atoms with Gasteiger partial charge in [-0.3, -0.25) is 14.5 Å². The number of benzene rings is 1. The second-order valence-corrected chi connectivity index (χ2v) is 7.80. The quantitative estimate of drug-likeness (QED) is 0.863. The normalized spacial score (nSPS) is 15.4. The van der Waals surface area contributed by atoms with E-state index >= 15 is 0 Å². The molecule has 1 aromatic carbocycles. The van der Waals surface area contributed by atoms with Gasteiger partial charge in [-0.15, -0.1) is 11.3 Å². The average Bonchev–Trinajstić information content (AvgIpc) is 3.12. The van der Waals surface area contributed by atoms with Gasteiger partial charge in [-0.05, 0) is 34.6 Å². The Morgan fingerprint density at radius 1 is 1.00 bits per heavy atom. The van der Waals surface area contributed by atoms with E-state index in [1.807, 2.05) is 41.8 Å². The maximum atomic E-state index is 12.4. The molecule has 0 bridgehead atoms. The van der Waals surface area contributed by atoms with E-state index in [0.717, 1.165) is 15.5 Å². The van der Waals surface area contributed by atoms with Gasteiger partial charge in [-0.2, -0.15) is 0 Å². The molecular formula is C19H20N2O2S. The summed E-state index contributed by atoms with van der Waals surface area (Å²) in [5.41, 5.74) is 2.86. The summed E-state index contributed by atoms with van der Waals surface area (Å²) in [6.07, 6.45) is 0. The summed E-state index contributed by atoms with van der Waals surface area (Å²) in [6.45, 7) is 6.46. The number of nitrogens with zero attached hydrogens (tertiary/aromatic N) is 1. The Morgan fingerprint density at radius 2 is 1.67 bits per heavy atom. The van der Waals surface area contributed by atoms with E-state index in [0.29, 0.717) is 11.3 Å². The number of carbonyl (C=O) groups is 2. The third-order valence-electron chi connectivity index (χ3n) is 4.07. The lowest BCUT2D eigenvalue weighted by molar-refractivity contribution is -0.135. The fourth-order valence-electron chi connectivity index (χ4n) is 2.60. The Hall–Kier alpha value is -2.40. The molecule has 1 aliphatic heterocycles. The molecule has 5 heteroatoms. The van der Waals surface area contributed by atoms with Crippen molar-refractivity contribution in [2.45, 2.75) is 26.2 Å². The zero-order valence-electron chi connectivity index (χ0n) is 14.2. The SMILES string of the molecule is CN1C(=O)C(Nc2ccc(C(C)(C)C)cc2)=C(c2cccs2)C1=O. The molecule has 2 heterocycles. The van der Waals surface area contributed by atoms with E-state index in [4.69, 9.17) is 0 Å². The van der Waals surface area contributed by atoms with Crippen LogP contribution < -0.4 is 5.32 Å². The monoisotopic (exact) mass is 340 g/mol. The zero-order valence-corrected chi connectivity index (χ0v) is 15.0. The van der Waals surface area contributed by atoms with Gasteiger partial charge in [0.2, 0.25) is 0 Å². The summed E-state index contributed by atoms with van der Waals surface area (Å²) in [5, 5.41) is 5.04. The third kappa shape index (κ3) is 2.87. The number of imide groups is 1. The highest BCUT2D eigenvalue weighted by Crippen LogP contribution is 2.32. The number of carbonyl (C=O) groups excluding carboxylic acids is 2. The van der Waals surface area contributed by atoms with E-state index in [-0.39, 0.29) is 17.2 Å². The molecule has 2 amide bonds. The van der Waals surface area contributed by atoms with Crippen molar-refractivity contribution in [2.75, 3.05) is 12.4 Å². The third-order valence-corrected chi connectivity index (χ3v) is 4.96. The largest absolute Gasteiger partial charge is 0.350 e. The first-order valence-corrected chi connectivity index (χ1v) is 8.65. The highest BCUT2D eigenvalue weighted by Gasteiger charge is 2.37. The summed E-state index contributed by atoms with van der Waals surface area (Å²) in [5.74, 6) is -0.570. The van der Waals surface area contributed by atoms with Crippen LogP contribution in [0.3, 0.4) is 0 Å². The Balaban J connectivity index is 1.97. The van der Waals surface area contributed by atoms with Gasteiger partial charge in [0.1, 0.15) is 5.70 Å². The van der Waals surface area contributed by atoms with Crippen LogP contribution in [0.4, 0.5) is 5.69 Å². The fraction of sp³-hybridized carbons (Fsp3) is 0.263. The minimum Gasteiger partial charge on any atom is -0.350 e. The predicted molar refractivity (Wildman–Crippen MR) is 97.8 cm³/mol. The van der Waals surface area contributed by atoms with Crippen molar-refractivity contribution in [2.24, 2.45) is 0 Å². The molecule has 1 aliphatic rings. The molecule has 24 heavy (non-hydrogen) atoms. The lowest BCUT2D eigenvalue weighted by atomic mass is 9.87. The molecule has 124 valence electrons. The maximum Gasteiger partial charge on any atom is 0.277 e. The Labute approximate surface area is 145 Å². The van der Waals surface area contributed by atoms with Crippen molar-refractivity contribution in [1.82, 2.24) is 4.90 Å². The summed E-state index contributed by atoms with van der Waals surface area (Å²) in [7, 11) is 1.51. The molecule has 0 unspecified atom stereocenters. The van der Waals surface area contributed by atoms with E-state index < -0.39 is 0 Å². The number of rotatable bonds is 3. The molecule has 0 spiro atoms. The molecule has 1 N–H and O–H groups in total. The Morgan fingerprint density at radius 3 is 2.21 bits per heavy atom. The Bertz CT molecular complexity index is 812. The summed E-state index contributed by atoms with van der Waals surface area (Å²) in [4.78, 5) is 26.8. The van der Waals surface area contributed by atoms with Crippen molar-refractivity contribution >= 4 is 34.4 Å². The van der Waals surface area contributed by atoms with Gasteiger partial charge in [0.05, 0.1) is 5.57 Å². The molecule has 0 radical (unpaired) electrons. The van der Waals surface area contributed by atoms with Gasteiger partial charge in [-0.25, -0.2) is 0 Å². The first kappa shape index (κ1) is 16.5. The lowest BCUT2D eigenvalue weighted by Gasteiger charge is -2.19. The van der Waals surface area contributed by atoms with Gasteiger partial charge < -0.3 is 5.32 Å². The van der Waals surface area contributed by atoms with E-state index in [9.17, 15) is 9.59 Å². The van der Waals surface area contributed by atoms with Gasteiger partial charge >= 0.3 is 0 Å². The van der Waals surface area contributed by atoms with Gasteiger partial charge in [0, 0.05) is 17.6 Å². The van der Waals surface area contributed by atoms with Crippen LogP contribution in [0.15, 0.2) is 47.5 Å². The second-order valence-electron chi connectivity index (χ2n) is 6.85. The number of anilines is 1. The van der Waals surface area contributed by atoms with Crippen LogP contribution in [-0.2, 0) is 15.0 Å². The van der Waals surface area contributed by atoms with Crippen molar-refractivity contribution in [3.8, 4) is 0 Å². The molecular weight excluding hydrogens is 320 g/mol. The topological polar surface area (TPSA) is 49.4 Å². The van der Waals surface area contributed by atoms with Gasteiger partial charge in [0.25, 0.3) is 11.8 Å². The fourth-order valence-corrected chi connectivity index (χ4v) is 3.37. The first-order valence-electron chi connectivity index (χ1n) is 7.77. The minimum atomic E-state index is -0.303. The lowest BCUT2D eigenvalue weighted by Crippen LogP contribution is -2.27. The predicted octanol–water partition coefficient (Wildman–Crippen LogP) is 3.87. The number of nitrogens with one attached hydrogen (secondary N) is 1. The minimum absolute atomic E-state index is 0.0687. The molecule has 0 atom stereocenters. The number of likely N-dealkylation sites (N-methyl/N-ethyl adjacent to an activating group) is 1. The van der Waals surface area contributed by atoms with Crippen LogP contribution in [-0.4, -0.2) is 23.8 Å². The number of thiophene rings is 1. The van der Waals surface area contributed by atoms with E-state index in [2.05, 4.69) is 26.1 Å². The molecule has 0 fully saturated rings. The van der Waals surface area contributed by atoms with Crippen molar-refractivity contribution in [3.63, 3.8) is 0 Å².